The van der Waals surface area contributed by atoms with Crippen molar-refractivity contribution in [3.8, 4) is 11.3 Å². The Balaban J connectivity index is 1.83. The van der Waals surface area contributed by atoms with Crippen molar-refractivity contribution in [3.63, 3.8) is 0 Å². The molecule has 4 N–H and O–H groups in total. The minimum absolute atomic E-state index is 0.0873. The molecule has 7 nitrogen and oxygen atoms in total. The van der Waals surface area contributed by atoms with Gasteiger partial charge in [0.1, 0.15) is 5.69 Å². The fraction of sp³-hybridized carbons (Fsp3) is 0.261. The van der Waals surface area contributed by atoms with E-state index in [2.05, 4.69) is 20.6 Å². The molecular weight excluding hydrogens is 435 g/mol. The number of nitrogens with zero attached hydrogens (tertiary/aromatic N) is 2. The monoisotopic (exact) mass is 458 g/mol. The summed E-state index contributed by atoms with van der Waals surface area (Å²) in [5.74, 6) is -0.800. The van der Waals surface area contributed by atoms with E-state index < -0.39 is 11.9 Å². The fourth-order valence-electron chi connectivity index (χ4n) is 3.16. The third-order valence-corrected chi connectivity index (χ3v) is 5.11. The van der Waals surface area contributed by atoms with Crippen molar-refractivity contribution in [2.45, 2.75) is 25.9 Å². The number of benzene rings is 2. The van der Waals surface area contributed by atoms with Crippen LogP contribution in [-0.2, 0) is 0 Å². The largest absolute Gasteiger partial charge is 0.394 e. The van der Waals surface area contributed by atoms with Gasteiger partial charge in [0.2, 0.25) is 5.95 Å². The number of anilines is 1. The Morgan fingerprint density at radius 3 is 2.62 bits per heavy atom. The number of halogens is 2. The highest BCUT2D eigenvalue weighted by molar-refractivity contribution is 6.30. The van der Waals surface area contributed by atoms with Crippen LogP contribution in [0.4, 0.5) is 10.3 Å². The quantitative estimate of drug-likeness (QED) is 0.411. The number of hydrogen-bond acceptors (Lipinski definition) is 6. The Labute approximate surface area is 190 Å². The number of rotatable bonds is 8. The lowest BCUT2D eigenvalue weighted by Gasteiger charge is -2.18. The number of aromatic nitrogens is 2. The summed E-state index contributed by atoms with van der Waals surface area (Å²) in [7, 11) is 0. The summed E-state index contributed by atoms with van der Waals surface area (Å²) >= 11 is 6.00. The van der Waals surface area contributed by atoms with E-state index in [1.54, 1.807) is 56.3 Å². The van der Waals surface area contributed by atoms with Crippen LogP contribution in [0, 0.1) is 12.7 Å². The minimum atomic E-state index is -0.623. The molecule has 0 fully saturated rings. The first kappa shape index (κ1) is 23.6. The zero-order valence-corrected chi connectivity index (χ0v) is 18.4. The molecule has 32 heavy (non-hydrogen) atoms. The van der Waals surface area contributed by atoms with Crippen LogP contribution in [0.1, 0.15) is 34.5 Å². The SMILES string of the molecule is Cc1cc(C(=O)NC(CO)c2cccc(Cl)c2)ccc1-c1nc(N[C@@H](C)CO)ncc1F. The molecule has 1 amide bonds. The molecule has 3 aromatic rings. The normalized spacial score (nSPS) is 12.8. The number of amides is 1. The van der Waals surface area contributed by atoms with E-state index in [-0.39, 0.29) is 36.8 Å². The first-order valence-electron chi connectivity index (χ1n) is 10.0. The highest BCUT2D eigenvalue weighted by Crippen LogP contribution is 2.26. The molecule has 0 aliphatic heterocycles. The Morgan fingerprint density at radius 2 is 1.97 bits per heavy atom. The van der Waals surface area contributed by atoms with Crippen LogP contribution in [-0.4, -0.2) is 45.3 Å². The van der Waals surface area contributed by atoms with Crippen LogP contribution in [0.3, 0.4) is 0 Å². The van der Waals surface area contributed by atoms with Gasteiger partial charge in [-0.25, -0.2) is 14.4 Å². The van der Waals surface area contributed by atoms with Crippen molar-refractivity contribution in [3.05, 3.63) is 76.2 Å². The lowest BCUT2D eigenvalue weighted by Crippen LogP contribution is -2.30. The van der Waals surface area contributed by atoms with Crippen molar-refractivity contribution in [1.82, 2.24) is 15.3 Å². The van der Waals surface area contributed by atoms with Gasteiger partial charge >= 0.3 is 0 Å². The molecule has 0 aliphatic rings. The molecule has 0 radical (unpaired) electrons. The summed E-state index contributed by atoms with van der Waals surface area (Å²) in [6.45, 7) is 3.08. The number of aryl methyl sites for hydroxylation is 1. The van der Waals surface area contributed by atoms with Gasteiger partial charge in [0.25, 0.3) is 5.91 Å². The fourth-order valence-corrected chi connectivity index (χ4v) is 3.36. The smallest absolute Gasteiger partial charge is 0.251 e. The lowest BCUT2D eigenvalue weighted by atomic mass is 10.0. The number of aliphatic hydroxyl groups excluding tert-OH is 2. The predicted molar refractivity (Wildman–Crippen MR) is 121 cm³/mol. The van der Waals surface area contributed by atoms with Gasteiger partial charge < -0.3 is 20.8 Å². The summed E-state index contributed by atoms with van der Waals surface area (Å²) in [5.41, 5.74) is 2.27. The first-order valence-corrected chi connectivity index (χ1v) is 10.4. The Hall–Kier alpha value is -3.07. The Bertz CT molecular complexity index is 1110. The molecule has 0 bridgehead atoms. The van der Waals surface area contributed by atoms with E-state index >= 15 is 0 Å². The maximum absolute atomic E-state index is 14.4. The third-order valence-electron chi connectivity index (χ3n) is 4.88. The van der Waals surface area contributed by atoms with E-state index in [4.69, 9.17) is 11.6 Å². The molecule has 1 heterocycles. The van der Waals surface area contributed by atoms with Crippen molar-refractivity contribution in [1.29, 1.82) is 0 Å². The second-order valence-corrected chi connectivity index (χ2v) is 7.85. The molecule has 168 valence electrons. The number of carbonyl (C=O) groups is 1. The molecule has 1 aromatic heterocycles. The van der Waals surface area contributed by atoms with Crippen LogP contribution in [0.5, 0.6) is 0 Å². The zero-order valence-electron chi connectivity index (χ0n) is 17.6. The number of nitrogens with one attached hydrogen (secondary N) is 2. The second-order valence-electron chi connectivity index (χ2n) is 7.41. The summed E-state index contributed by atoms with van der Waals surface area (Å²) < 4.78 is 14.4. The summed E-state index contributed by atoms with van der Waals surface area (Å²) in [5, 5.41) is 25.1. The first-order chi connectivity index (χ1) is 15.3. The maximum atomic E-state index is 14.4. The van der Waals surface area contributed by atoms with Crippen molar-refractivity contribution >= 4 is 23.5 Å². The third kappa shape index (κ3) is 5.59. The van der Waals surface area contributed by atoms with Gasteiger partial charge in [-0.05, 0) is 49.2 Å². The van der Waals surface area contributed by atoms with E-state index in [0.717, 1.165) is 6.20 Å². The number of hydrogen-bond donors (Lipinski definition) is 4. The van der Waals surface area contributed by atoms with Crippen molar-refractivity contribution < 1.29 is 19.4 Å². The molecular formula is C23H24ClFN4O3. The summed E-state index contributed by atoms with van der Waals surface area (Å²) in [4.78, 5) is 20.9. The van der Waals surface area contributed by atoms with Crippen molar-refractivity contribution in [2.24, 2.45) is 0 Å². The Morgan fingerprint density at radius 1 is 1.19 bits per heavy atom. The van der Waals surface area contributed by atoms with Crippen LogP contribution < -0.4 is 10.6 Å². The van der Waals surface area contributed by atoms with Crippen molar-refractivity contribution in [2.75, 3.05) is 18.5 Å². The van der Waals surface area contributed by atoms with Gasteiger partial charge in [0, 0.05) is 22.2 Å². The minimum Gasteiger partial charge on any atom is -0.394 e. The zero-order chi connectivity index (χ0) is 23.3. The highest BCUT2D eigenvalue weighted by Gasteiger charge is 2.18. The molecule has 2 aromatic carbocycles. The van der Waals surface area contributed by atoms with E-state index in [1.165, 1.54) is 0 Å². The summed E-state index contributed by atoms with van der Waals surface area (Å²) in [6, 6.07) is 10.8. The molecule has 3 rings (SSSR count). The van der Waals surface area contributed by atoms with Gasteiger partial charge in [0.05, 0.1) is 25.5 Å². The van der Waals surface area contributed by atoms with E-state index in [1.807, 2.05) is 0 Å². The molecule has 2 atom stereocenters. The lowest BCUT2D eigenvalue weighted by molar-refractivity contribution is 0.0916. The van der Waals surface area contributed by atoms with E-state index in [0.29, 0.717) is 27.3 Å². The predicted octanol–water partition coefficient (Wildman–Crippen LogP) is 3.50. The molecule has 0 saturated heterocycles. The Kier molecular flexibility index (Phi) is 7.74. The average Bonchev–Trinajstić information content (AvgIpc) is 2.78. The molecule has 9 heteroatoms. The van der Waals surface area contributed by atoms with Gasteiger partial charge in [-0.3, -0.25) is 4.79 Å². The molecule has 1 unspecified atom stereocenters. The van der Waals surface area contributed by atoms with Crippen LogP contribution >= 0.6 is 11.6 Å². The van der Waals surface area contributed by atoms with Gasteiger partial charge in [0.15, 0.2) is 5.82 Å². The standard InChI is InChI=1S/C23H24ClFN4O3/c1-13-8-16(22(32)28-20(12-31)15-4-3-5-17(24)9-15)6-7-18(13)21-19(25)10-26-23(29-21)27-14(2)11-30/h3-10,14,20,30-31H,11-12H2,1-2H3,(H,28,32)(H,26,27,29)/t14-,20?/m0/s1. The molecule has 0 aliphatic carbocycles. The van der Waals surface area contributed by atoms with E-state index in [9.17, 15) is 19.4 Å². The van der Waals surface area contributed by atoms with Gasteiger partial charge in [-0.1, -0.05) is 29.8 Å². The molecule has 0 spiro atoms. The van der Waals surface area contributed by atoms with Gasteiger partial charge in [-0.2, -0.15) is 0 Å². The van der Waals surface area contributed by atoms with Gasteiger partial charge in [-0.15, -0.1) is 0 Å². The maximum Gasteiger partial charge on any atom is 0.251 e. The topological polar surface area (TPSA) is 107 Å². The average molecular weight is 459 g/mol. The number of carbonyl (C=O) groups excluding carboxylic acids is 1. The second kappa shape index (κ2) is 10.5. The highest BCUT2D eigenvalue weighted by atomic mass is 35.5. The van der Waals surface area contributed by atoms with Crippen LogP contribution in [0.2, 0.25) is 5.02 Å². The number of aliphatic hydroxyl groups is 2. The summed E-state index contributed by atoms with van der Waals surface area (Å²) in [6.07, 6.45) is 1.06. The van der Waals surface area contributed by atoms with Crippen LogP contribution in [0.25, 0.3) is 11.3 Å². The van der Waals surface area contributed by atoms with Crippen LogP contribution in [0.15, 0.2) is 48.7 Å². The molecule has 0 saturated carbocycles.